The van der Waals surface area contributed by atoms with E-state index >= 15 is 0 Å². The first-order valence-electron chi connectivity index (χ1n) is 8.73. The van der Waals surface area contributed by atoms with Crippen molar-refractivity contribution in [2.45, 2.75) is 44.8 Å². The molecule has 0 aromatic heterocycles. The third-order valence-corrected chi connectivity index (χ3v) is 4.63. The highest BCUT2D eigenvalue weighted by atomic mass is 127. The van der Waals surface area contributed by atoms with Crippen LogP contribution < -0.4 is 10.6 Å². The van der Waals surface area contributed by atoms with E-state index in [1.165, 1.54) is 11.1 Å². The summed E-state index contributed by atoms with van der Waals surface area (Å²) in [4.78, 5) is 18.5. The van der Waals surface area contributed by atoms with E-state index in [0.717, 1.165) is 44.9 Å². The van der Waals surface area contributed by atoms with Crippen molar-refractivity contribution in [2.75, 3.05) is 13.6 Å². The van der Waals surface area contributed by atoms with Gasteiger partial charge in [-0.15, -0.1) is 24.0 Å². The fourth-order valence-corrected chi connectivity index (χ4v) is 3.24. The van der Waals surface area contributed by atoms with Crippen LogP contribution in [0.15, 0.2) is 41.4 Å². The molecule has 1 heterocycles. The van der Waals surface area contributed by atoms with Gasteiger partial charge in [-0.2, -0.15) is 0 Å². The number of guanidine groups is 1. The van der Waals surface area contributed by atoms with Gasteiger partial charge in [-0.25, -0.2) is 0 Å². The molecule has 1 aliphatic heterocycles. The van der Waals surface area contributed by atoms with E-state index < -0.39 is 0 Å². The first-order valence-corrected chi connectivity index (χ1v) is 8.73. The van der Waals surface area contributed by atoms with Crippen molar-refractivity contribution in [3.8, 4) is 0 Å². The molecular formula is C19H27IN4O. The Balaban J connectivity index is 0.00000225. The molecule has 25 heavy (non-hydrogen) atoms. The van der Waals surface area contributed by atoms with E-state index in [4.69, 9.17) is 0 Å². The molecule has 1 amide bonds. The van der Waals surface area contributed by atoms with Gasteiger partial charge in [0.05, 0.1) is 0 Å². The predicted octanol–water partition coefficient (Wildman–Crippen LogP) is 2.81. The van der Waals surface area contributed by atoms with E-state index in [9.17, 15) is 4.79 Å². The SMILES string of the molecule is CN=C(NCCCC(=O)N1Cc2ccccc2C1)NC1CC=CC1.I. The zero-order chi connectivity index (χ0) is 16.8. The van der Waals surface area contributed by atoms with Crippen molar-refractivity contribution in [3.05, 3.63) is 47.5 Å². The molecule has 0 bridgehead atoms. The second-order valence-corrected chi connectivity index (χ2v) is 6.41. The fourth-order valence-electron chi connectivity index (χ4n) is 3.24. The zero-order valence-electron chi connectivity index (χ0n) is 14.7. The summed E-state index contributed by atoms with van der Waals surface area (Å²) in [6.45, 7) is 2.26. The summed E-state index contributed by atoms with van der Waals surface area (Å²) >= 11 is 0. The van der Waals surface area contributed by atoms with Crippen molar-refractivity contribution in [2.24, 2.45) is 4.99 Å². The Morgan fingerprint density at radius 2 is 1.84 bits per heavy atom. The minimum Gasteiger partial charge on any atom is -0.356 e. The Morgan fingerprint density at radius 1 is 1.20 bits per heavy atom. The second-order valence-electron chi connectivity index (χ2n) is 6.41. The van der Waals surface area contributed by atoms with Crippen LogP contribution in [0.25, 0.3) is 0 Å². The molecule has 3 rings (SSSR count). The lowest BCUT2D eigenvalue weighted by Crippen LogP contribution is -2.42. The van der Waals surface area contributed by atoms with Crippen LogP contribution >= 0.6 is 24.0 Å². The first kappa shape index (κ1) is 19.8. The molecule has 1 aromatic carbocycles. The maximum atomic E-state index is 12.4. The van der Waals surface area contributed by atoms with E-state index in [2.05, 4.69) is 39.9 Å². The lowest BCUT2D eigenvalue weighted by atomic mass is 10.1. The highest BCUT2D eigenvalue weighted by molar-refractivity contribution is 14.0. The largest absolute Gasteiger partial charge is 0.356 e. The monoisotopic (exact) mass is 454 g/mol. The van der Waals surface area contributed by atoms with E-state index in [0.29, 0.717) is 12.5 Å². The molecule has 0 unspecified atom stereocenters. The third-order valence-electron chi connectivity index (χ3n) is 4.63. The van der Waals surface area contributed by atoms with Gasteiger partial charge in [-0.1, -0.05) is 36.4 Å². The van der Waals surface area contributed by atoms with Crippen LogP contribution in [0.4, 0.5) is 0 Å². The molecular weight excluding hydrogens is 427 g/mol. The molecule has 1 aromatic rings. The Hall–Kier alpha value is -1.57. The number of carbonyl (C=O) groups excluding carboxylic acids is 1. The summed E-state index contributed by atoms with van der Waals surface area (Å²) in [5.41, 5.74) is 2.55. The highest BCUT2D eigenvalue weighted by Crippen LogP contribution is 2.22. The number of aliphatic imine (C=N–C) groups is 1. The molecule has 0 saturated carbocycles. The van der Waals surface area contributed by atoms with E-state index in [1.807, 2.05) is 17.0 Å². The number of halogens is 1. The maximum absolute atomic E-state index is 12.4. The molecule has 0 atom stereocenters. The highest BCUT2D eigenvalue weighted by Gasteiger charge is 2.22. The van der Waals surface area contributed by atoms with Gasteiger partial charge in [0.2, 0.25) is 5.91 Å². The maximum Gasteiger partial charge on any atom is 0.223 e. The molecule has 1 aliphatic carbocycles. The molecule has 2 aliphatic rings. The molecule has 0 fully saturated rings. The van der Waals surface area contributed by atoms with E-state index in [-0.39, 0.29) is 29.9 Å². The van der Waals surface area contributed by atoms with Crippen molar-refractivity contribution in [1.82, 2.24) is 15.5 Å². The standard InChI is InChI=1S/C19H26N4O.HI/c1-20-19(22-17-9-4-5-10-17)21-12-6-11-18(24)23-13-15-7-2-3-8-16(15)14-23;/h2-5,7-8,17H,6,9-14H2,1H3,(H2,20,21,22);1H. The summed E-state index contributed by atoms with van der Waals surface area (Å²) in [6, 6.07) is 8.74. The van der Waals surface area contributed by atoms with Crippen LogP contribution in [0, 0.1) is 0 Å². The molecule has 6 heteroatoms. The molecule has 0 saturated heterocycles. The van der Waals surface area contributed by atoms with Crippen molar-refractivity contribution >= 4 is 35.8 Å². The first-order chi connectivity index (χ1) is 11.8. The number of nitrogens with one attached hydrogen (secondary N) is 2. The number of amides is 1. The second kappa shape index (κ2) is 9.79. The van der Waals surface area contributed by atoms with Gasteiger partial charge < -0.3 is 15.5 Å². The Kier molecular flexibility index (Phi) is 7.74. The van der Waals surface area contributed by atoms with Crippen molar-refractivity contribution in [3.63, 3.8) is 0 Å². The minimum absolute atomic E-state index is 0. The fraction of sp³-hybridized carbons (Fsp3) is 0.474. The summed E-state index contributed by atoms with van der Waals surface area (Å²) in [5, 5.41) is 6.70. The molecule has 0 spiro atoms. The lowest BCUT2D eigenvalue weighted by molar-refractivity contribution is -0.131. The number of fused-ring (bicyclic) bond motifs is 1. The van der Waals surface area contributed by atoms with Gasteiger partial charge in [0, 0.05) is 39.1 Å². The number of nitrogens with zero attached hydrogens (tertiary/aromatic N) is 2. The number of hydrogen-bond acceptors (Lipinski definition) is 2. The van der Waals surface area contributed by atoms with Crippen LogP contribution in [-0.2, 0) is 17.9 Å². The molecule has 5 nitrogen and oxygen atoms in total. The zero-order valence-corrected chi connectivity index (χ0v) is 17.0. The number of hydrogen-bond donors (Lipinski definition) is 2. The van der Waals surface area contributed by atoms with Crippen LogP contribution in [0.5, 0.6) is 0 Å². The molecule has 0 radical (unpaired) electrons. The summed E-state index contributed by atoms with van der Waals surface area (Å²) in [7, 11) is 1.78. The number of carbonyl (C=O) groups is 1. The normalized spacial score (nSPS) is 16.5. The summed E-state index contributed by atoms with van der Waals surface area (Å²) in [5.74, 6) is 1.06. The minimum atomic E-state index is 0. The van der Waals surface area contributed by atoms with Gasteiger partial charge >= 0.3 is 0 Å². The Labute approximate surface area is 167 Å². The number of benzene rings is 1. The van der Waals surface area contributed by atoms with Gasteiger partial charge in [-0.05, 0) is 30.4 Å². The Morgan fingerprint density at radius 3 is 2.44 bits per heavy atom. The average Bonchev–Trinajstić information content (AvgIpc) is 3.26. The topological polar surface area (TPSA) is 56.7 Å². The smallest absolute Gasteiger partial charge is 0.223 e. The Bertz CT molecular complexity index is 611. The van der Waals surface area contributed by atoms with Gasteiger partial charge in [0.25, 0.3) is 0 Å². The molecule has 2 N–H and O–H groups in total. The van der Waals surface area contributed by atoms with E-state index in [1.54, 1.807) is 7.05 Å². The van der Waals surface area contributed by atoms with Gasteiger partial charge in [0.15, 0.2) is 5.96 Å². The van der Waals surface area contributed by atoms with Crippen LogP contribution in [0.2, 0.25) is 0 Å². The predicted molar refractivity (Wildman–Crippen MR) is 112 cm³/mol. The third kappa shape index (κ3) is 5.45. The quantitative estimate of drug-likeness (QED) is 0.237. The van der Waals surface area contributed by atoms with Crippen molar-refractivity contribution in [1.29, 1.82) is 0 Å². The van der Waals surface area contributed by atoms with Crippen LogP contribution in [0.1, 0.15) is 36.8 Å². The van der Waals surface area contributed by atoms with Crippen LogP contribution in [-0.4, -0.2) is 36.4 Å². The van der Waals surface area contributed by atoms with Crippen LogP contribution in [0.3, 0.4) is 0 Å². The summed E-state index contributed by atoms with van der Waals surface area (Å²) < 4.78 is 0. The lowest BCUT2D eigenvalue weighted by Gasteiger charge is -2.18. The molecule has 136 valence electrons. The number of rotatable bonds is 5. The van der Waals surface area contributed by atoms with Gasteiger partial charge in [-0.3, -0.25) is 9.79 Å². The summed E-state index contributed by atoms with van der Waals surface area (Å²) in [6.07, 6.45) is 7.87. The van der Waals surface area contributed by atoms with Crippen molar-refractivity contribution < 1.29 is 4.79 Å². The average molecular weight is 454 g/mol. The van der Waals surface area contributed by atoms with Gasteiger partial charge in [0.1, 0.15) is 0 Å².